The van der Waals surface area contributed by atoms with Crippen molar-refractivity contribution in [2.24, 2.45) is 0 Å². The third-order valence-electron chi connectivity index (χ3n) is 6.00. The number of fused-ring (bicyclic) bond motifs is 2. The first-order valence-electron chi connectivity index (χ1n) is 11.1. The van der Waals surface area contributed by atoms with Gasteiger partial charge in [0.1, 0.15) is 5.69 Å². The van der Waals surface area contributed by atoms with E-state index in [0.29, 0.717) is 0 Å². The Morgan fingerprint density at radius 1 is 1.06 bits per heavy atom. The third kappa shape index (κ3) is 3.85. The Morgan fingerprint density at radius 3 is 2.64 bits per heavy atom. The van der Waals surface area contributed by atoms with Gasteiger partial charge >= 0.3 is 0 Å². The minimum Gasteiger partial charge on any atom is -0.353 e. The average molecular weight is 451 g/mol. The molecule has 33 heavy (non-hydrogen) atoms. The molecule has 5 aromatic rings. The Hall–Kier alpha value is -3.70. The summed E-state index contributed by atoms with van der Waals surface area (Å²) in [6.07, 6.45) is 9.09. The van der Waals surface area contributed by atoms with Gasteiger partial charge in [-0.15, -0.1) is 11.3 Å². The number of benzene rings is 1. The summed E-state index contributed by atoms with van der Waals surface area (Å²) in [5.41, 5.74) is 8.53. The molecule has 4 heterocycles. The fourth-order valence-corrected chi connectivity index (χ4v) is 5.06. The number of rotatable bonds is 6. The number of pyridine rings is 1. The molecule has 164 valence electrons. The second kappa shape index (κ2) is 8.68. The first kappa shape index (κ1) is 21.2. The summed E-state index contributed by atoms with van der Waals surface area (Å²) in [5.74, 6) is 0. The number of thiophene rings is 1. The van der Waals surface area contributed by atoms with Crippen LogP contribution in [0, 0.1) is 6.92 Å². The molecule has 2 N–H and O–H groups in total. The molecule has 0 spiro atoms. The minimum absolute atomic E-state index is 0.912. The van der Waals surface area contributed by atoms with Crippen LogP contribution in [-0.4, -0.2) is 20.2 Å². The summed E-state index contributed by atoms with van der Waals surface area (Å²) < 4.78 is 0. The first-order chi connectivity index (χ1) is 16.1. The number of aromatic nitrogens is 4. The zero-order chi connectivity index (χ0) is 22.9. The summed E-state index contributed by atoms with van der Waals surface area (Å²) in [7, 11) is 0. The monoisotopic (exact) mass is 450 g/mol. The van der Waals surface area contributed by atoms with Crippen molar-refractivity contribution in [3.63, 3.8) is 0 Å². The Labute approximate surface area is 197 Å². The van der Waals surface area contributed by atoms with Crippen LogP contribution in [0.5, 0.6) is 0 Å². The van der Waals surface area contributed by atoms with Crippen LogP contribution in [0.15, 0.2) is 79.0 Å². The van der Waals surface area contributed by atoms with E-state index in [2.05, 4.69) is 96.1 Å². The molecule has 1 aromatic carbocycles. The molecule has 0 aliphatic rings. The van der Waals surface area contributed by atoms with Crippen LogP contribution in [-0.2, 0) is 0 Å². The fourth-order valence-electron chi connectivity index (χ4n) is 4.18. The van der Waals surface area contributed by atoms with Gasteiger partial charge in [-0.1, -0.05) is 37.8 Å². The molecule has 5 heteroatoms. The maximum absolute atomic E-state index is 4.68. The molecule has 4 nitrogen and oxygen atoms in total. The molecule has 4 aromatic heterocycles. The maximum Gasteiger partial charge on any atom is 0.116 e. The lowest BCUT2D eigenvalue weighted by atomic mass is 9.99. The lowest BCUT2D eigenvalue weighted by Crippen LogP contribution is -1.85. The molecule has 0 saturated carbocycles. The van der Waals surface area contributed by atoms with Crippen molar-refractivity contribution in [3.05, 3.63) is 89.5 Å². The van der Waals surface area contributed by atoms with Crippen LogP contribution in [0.25, 0.3) is 49.3 Å². The number of aryl methyl sites for hydroxylation is 1. The van der Waals surface area contributed by atoms with E-state index in [9.17, 15) is 0 Å². The van der Waals surface area contributed by atoms with E-state index in [1.165, 1.54) is 20.9 Å². The number of nitrogens with zero attached hydrogens (tertiary/aromatic N) is 2. The smallest absolute Gasteiger partial charge is 0.116 e. The van der Waals surface area contributed by atoms with E-state index in [1.54, 1.807) is 11.3 Å². The molecule has 0 atom stereocenters. The summed E-state index contributed by atoms with van der Waals surface area (Å²) in [4.78, 5) is 10.7. The lowest BCUT2D eigenvalue weighted by Gasteiger charge is -2.05. The van der Waals surface area contributed by atoms with Gasteiger partial charge in [-0.3, -0.25) is 10.1 Å². The summed E-state index contributed by atoms with van der Waals surface area (Å²) in [6.45, 7) is 10.3. The van der Waals surface area contributed by atoms with E-state index in [-0.39, 0.29) is 0 Å². The zero-order valence-electron chi connectivity index (χ0n) is 19.1. The number of hydrogen-bond acceptors (Lipinski definition) is 3. The van der Waals surface area contributed by atoms with Crippen LogP contribution in [0.3, 0.4) is 0 Å². The van der Waals surface area contributed by atoms with Crippen molar-refractivity contribution in [2.75, 3.05) is 0 Å². The second-order valence-corrected chi connectivity index (χ2v) is 9.36. The van der Waals surface area contributed by atoms with Crippen LogP contribution in [0.4, 0.5) is 0 Å². The highest BCUT2D eigenvalue weighted by Gasteiger charge is 2.15. The van der Waals surface area contributed by atoms with Gasteiger partial charge in [0.2, 0.25) is 0 Å². The largest absolute Gasteiger partial charge is 0.353 e. The predicted octanol–water partition coefficient (Wildman–Crippen LogP) is 8.07. The Bertz CT molecular complexity index is 1540. The van der Waals surface area contributed by atoms with E-state index in [1.807, 2.05) is 18.3 Å². The van der Waals surface area contributed by atoms with E-state index in [0.717, 1.165) is 50.9 Å². The molecule has 0 fully saturated rings. The molecule has 0 radical (unpaired) electrons. The molecule has 0 amide bonds. The Morgan fingerprint density at radius 2 is 1.91 bits per heavy atom. The molecule has 0 saturated heterocycles. The van der Waals surface area contributed by atoms with Crippen LogP contribution in [0.2, 0.25) is 0 Å². The fraction of sp³-hybridized carbons (Fsp3) is 0.143. The van der Waals surface area contributed by atoms with E-state index < -0.39 is 0 Å². The van der Waals surface area contributed by atoms with Gasteiger partial charge < -0.3 is 4.98 Å². The van der Waals surface area contributed by atoms with Crippen LogP contribution >= 0.6 is 11.3 Å². The van der Waals surface area contributed by atoms with E-state index in [4.69, 9.17) is 0 Å². The van der Waals surface area contributed by atoms with Crippen LogP contribution in [0.1, 0.15) is 30.7 Å². The molecular formula is C28H26N4S. The number of allylic oxidation sites excluding steroid dienone is 5. The molecule has 0 bridgehead atoms. The first-order valence-corrected chi connectivity index (χ1v) is 12.0. The quantitative estimate of drug-likeness (QED) is 0.257. The standard InChI is InChI=1S/C28H26N4S/c1-5-18(6-2)14-19(7-3)20-9-10-24-21(15-20)27(32-31-24)25-16-22-23(30-25)12-13-29-28(22)26-11-8-17(4)33-26/h5,7-16,30H,1,6H2,2-4H3,(H,31,32)/b18-14+,19-7+. The maximum atomic E-state index is 4.68. The third-order valence-corrected chi connectivity index (χ3v) is 7.00. The van der Waals surface area contributed by atoms with Crippen molar-refractivity contribution >= 4 is 38.7 Å². The van der Waals surface area contributed by atoms with Crippen molar-refractivity contribution in [1.82, 2.24) is 20.2 Å². The van der Waals surface area contributed by atoms with Crippen LogP contribution < -0.4 is 0 Å². The summed E-state index contributed by atoms with van der Waals surface area (Å²) >= 11 is 1.76. The number of H-pyrrole nitrogens is 2. The van der Waals surface area contributed by atoms with Crippen molar-refractivity contribution in [3.8, 4) is 22.0 Å². The Kier molecular flexibility index (Phi) is 5.56. The van der Waals surface area contributed by atoms with Gasteiger partial charge in [0.25, 0.3) is 0 Å². The molecule has 0 aliphatic carbocycles. The van der Waals surface area contributed by atoms with Gasteiger partial charge in [-0.2, -0.15) is 5.10 Å². The molecule has 0 aliphatic heterocycles. The minimum atomic E-state index is 0.912. The molecular weight excluding hydrogens is 424 g/mol. The number of hydrogen-bond donors (Lipinski definition) is 2. The van der Waals surface area contributed by atoms with E-state index >= 15 is 0 Å². The zero-order valence-corrected chi connectivity index (χ0v) is 19.9. The van der Waals surface area contributed by atoms with Gasteiger partial charge in [0, 0.05) is 27.4 Å². The topological polar surface area (TPSA) is 57.4 Å². The summed E-state index contributed by atoms with van der Waals surface area (Å²) in [6, 6.07) is 14.9. The highest BCUT2D eigenvalue weighted by Crippen LogP contribution is 2.36. The number of aromatic amines is 2. The highest BCUT2D eigenvalue weighted by atomic mass is 32.1. The van der Waals surface area contributed by atoms with Gasteiger partial charge in [-0.25, -0.2) is 0 Å². The van der Waals surface area contributed by atoms with Gasteiger partial charge in [0.15, 0.2) is 0 Å². The van der Waals surface area contributed by atoms with Gasteiger partial charge in [-0.05, 0) is 73.4 Å². The highest BCUT2D eigenvalue weighted by molar-refractivity contribution is 7.15. The average Bonchev–Trinajstić information content (AvgIpc) is 3.56. The van der Waals surface area contributed by atoms with Crippen molar-refractivity contribution < 1.29 is 0 Å². The normalized spacial score (nSPS) is 12.7. The predicted molar refractivity (Wildman–Crippen MR) is 141 cm³/mol. The second-order valence-electron chi connectivity index (χ2n) is 8.07. The van der Waals surface area contributed by atoms with Crippen molar-refractivity contribution in [1.29, 1.82) is 0 Å². The Balaban J connectivity index is 1.63. The number of nitrogens with one attached hydrogen (secondary N) is 2. The van der Waals surface area contributed by atoms with Gasteiger partial charge in [0.05, 0.1) is 21.8 Å². The molecule has 0 unspecified atom stereocenters. The lowest BCUT2D eigenvalue weighted by molar-refractivity contribution is 1.12. The molecule has 5 rings (SSSR count). The summed E-state index contributed by atoms with van der Waals surface area (Å²) in [5, 5.41) is 10.1. The van der Waals surface area contributed by atoms with Crippen molar-refractivity contribution in [2.45, 2.75) is 27.2 Å². The SMILES string of the molecule is C=C/C(=C\C(=C/C)c1ccc2[nH]nc(-c3cc4c(-c5ccc(C)s5)nccc4[nH]3)c2c1)CC.